The first-order valence-electron chi connectivity index (χ1n) is 7.20. The summed E-state index contributed by atoms with van der Waals surface area (Å²) in [5.41, 5.74) is 4.55. The molecule has 114 valence electrons. The molecule has 2 rings (SSSR count). The van der Waals surface area contributed by atoms with Gasteiger partial charge in [-0.3, -0.25) is 4.68 Å². The van der Waals surface area contributed by atoms with Crippen molar-refractivity contribution in [1.29, 1.82) is 0 Å². The normalized spacial score (nSPS) is 11.1. The van der Waals surface area contributed by atoms with Crippen molar-refractivity contribution in [3.05, 3.63) is 50.8 Å². The number of hydrogen-bond acceptors (Lipinski definition) is 2. The van der Waals surface area contributed by atoms with Gasteiger partial charge in [0.15, 0.2) is 0 Å². The smallest absolute Gasteiger partial charge is 0.0677 e. The highest BCUT2D eigenvalue weighted by Gasteiger charge is 2.12. The van der Waals surface area contributed by atoms with Crippen molar-refractivity contribution in [2.24, 2.45) is 0 Å². The minimum absolute atomic E-state index is 0.654. The molecule has 0 amide bonds. The summed E-state index contributed by atoms with van der Waals surface area (Å²) >= 11 is 12.2. The van der Waals surface area contributed by atoms with Gasteiger partial charge < -0.3 is 5.32 Å². The van der Waals surface area contributed by atoms with Crippen LogP contribution in [0, 0.1) is 13.8 Å². The molecule has 0 fully saturated rings. The van der Waals surface area contributed by atoms with Crippen molar-refractivity contribution in [2.45, 2.75) is 40.3 Å². The maximum Gasteiger partial charge on any atom is 0.0677 e. The third-order valence-corrected chi connectivity index (χ3v) is 4.18. The van der Waals surface area contributed by atoms with Crippen LogP contribution in [0.15, 0.2) is 18.2 Å². The van der Waals surface area contributed by atoms with Gasteiger partial charge in [0.05, 0.1) is 12.2 Å². The van der Waals surface area contributed by atoms with E-state index < -0.39 is 0 Å². The number of rotatable bonds is 6. The van der Waals surface area contributed by atoms with Gasteiger partial charge in [0, 0.05) is 27.8 Å². The second-order valence-electron chi connectivity index (χ2n) is 5.22. The SMILES string of the molecule is CCCNCc1c(C)nn(Cc2ccc(Cl)cc2Cl)c1C. The highest BCUT2D eigenvalue weighted by atomic mass is 35.5. The number of benzene rings is 1. The zero-order valence-electron chi connectivity index (χ0n) is 12.7. The van der Waals surface area contributed by atoms with E-state index in [9.17, 15) is 0 Å². The summed E-state index contributed by atoms with van der Waals surface area (Å²) in [6, 6.07) is 5.59. The maximum absolute atomic E-state index is 6.24. The molecular formula is C16H21Cl2N3. The Bertz CT molecular complexity index is 620. The Morgan fingerprint density at radius 2 is 2.00 bits per heavy atom. The molecule has 5 heteroatoms. The monoisotopic (exact) mass is 325 g/mol. The molecule has 0 spiro atoms. The maximum atomic E-state index is 6.24. The van der Waals surface area contributed by atoms with Crippen LogP contribution in [0.3, 0.4) is 0 Å². The summed E-state index contributed by atoms with van der Waals surface area (Å²) in [6.07, 6.45) is 1.13. The van der Waals surface area contributed by atoms with Crippen LogP contribution in [0.1, 0.15) is 35.9 Å². The molecular weight excluding hydrogens is 305 g/mol. The minimum atomic E-state index is 0.654. The Balaban J connectivity index is 2.19. The molecule has 21 heavy (non-hydrogen) atoms. The van der Waals surface area contributed by atoms with E-state index in [2.05, 4.69) is 31.2 Å². The van der Waals surface area contributed by atoms with Gasteiger partial charge in [-0.15, -0.1) is 0 Å². The van der Waals surface area contributed by atoms with E-state index in [-0.39, 0.29) is 0 Å². The lowest BCUT2D eigenvalue weighted by molar-refractivity contribution is 0.650. The van der Waals surface area contributed by atoms with Crippen LogP contribution in [0.25, 0.3) is 0 Å². The van der Waals surface area contributed by atoms with E-state index in [1.54, 1.807) is 6.07 Å². The number of aryl methyl sites for hydroxylation is 1. The Morgan fingerprint density at radius 1 is 1.24 bits per heavy atom. The van der Waals surface area contributed by atoms with Gasteiger partial charge in [-0.25, -0.2) is 0 Å². The third-order valence-electron chi connectivity index (χ3n) is 3.60. The third kappa shape index (κ3) is 4.00. The second kappa shape index (κ2) is 7.30. The lowest BCUT2D eigenvalue weighted by Crippen LogP contribution is -2.15. The van der Waals surface area contributed by atoms with Gasteiger partial charge in [0.1, 0.15) is 0 Å². The summed E-state index contributed by atoms with van der Waals surface area (Å²) in [6.45, 7) is 8.87. The van der Waals surface area contributed by atoms with Gasteiger partial charge in [0.2, 0.25) is 0 Å². The molecule has 0 bridgehead atoms. The first-order chi connectivity index (χ1) is 10.0. The van der Waals surface area contributed by atoms with E-state index in [4.69, 9.17) is 23.2 Å². The fourth-order valence-electron chi connectivity index (χ4n) is 2.35. The molecule has 0 aliphatic rings. The molecule has 1 heterocycles. The van der Waals surface area contributed by atoms with E-state index in [1.807, 2.05) is 16.8 Å². The standard InChI is InChI=1S/C16H21Cl2N3/c1-4-7-19-9-15-11(2)20-21(12(15)3)10-13-5-6-14(17)8-16(13)18/h5-6,8,19H,4,7,9-10H2,1-3H3. The zero-order valence-corrected chi connectivity index (χ0v) is 14.2. The Kier molecular flexibility index (Phi) is 5.68. The summed E-state index contributed by atoms with van der Waals surface area (Å²) in [5, 5.41) is 9.40. The van der Waals surface area contributed by atoms with Crippen LogP contribution >= 0.6 is 23.2 Å². The number of aromatic nitrogens is 2. The van der Waals surface area contributed by atoms with Gasteiger partial charge in [-0.1, -0.05) is 36.2 Å². The number of nitrogens with zero attached hydrogens (tertiary/aromatic N) is 2. The predicted octanol–water partition coefficient (Wildman–Crippen LogP) is 4.35. The Hall–Kier alpha value is -1.03. The molecule has 0 unspecified atom stereocenters. The second-order valence-corrected chi connectivity index (χ2v) is 6.06. The molecule has 0 aliphatic carbocycles. The van der Waals surface area contributed by atoms with Crippen LogP contribution in [-0.2, 0) is 13.1 Å². The van der Waals surface area contributed by atoms with E-state index in [0.29, 0.717) is 16.6 Å². The van der Waals surface area contributed by atoms with Crippen molar-refractivity contribution in [2.75, 3.05) is 6.54 Å². The lowest BCUT2D eigenvalue weighted by atomic mass is 10.2. The van der Waals surface area contributed by atoms with Crippen molar-refractivity contribution in [1.82, 2.24) is 15.1 Å². The Morgan fingerprint density at radius 3 is 2.67 bits per heavy atom. The molecule has 0 radical (unpaired) electrons. The summed E-state index contributed by atoms with van der Waals surface area (Å²) in [4.78, 5) is 0. The summed E-state index contributed by atoms with van der Waals surface area (Å²) < 4.78 is 2.01. The van der Waals surface area contributed by atoms with E-state index in [0.717, 1.165) is 30.8 Å². The van der Waals surface area contributed by atoms with Crippen molar-refractivity contribution >= 4 is 23.2 Å². The molecule has 1 aromatic heterocycles. The molecule has 3 nitrogen and oxygen atoms in total. The van der Waals surface area contributed by atoms with Crippen LogP contribution in [-0.4, -0.2) is 16.3 Å². The van der Waals surface area contributed by atoms with Crippen LogP contribution in [0.2, 0.25) is 10.0 Å². The largest absolute Gasteiger partial charge is 0.313 e. The topological polar surface area (TPSA) is 29.9 Å². The van der Waals surface area contributed by atoms with Crippen molar-refractivity contribution < 1.29 is 0 Å². The van der Waals surface area contributed by atoms with Gasteiger partial charge in [-0.2, -0.15) is 5.10 Å². The average Bonchev–Trinajstić information content (AvgIpc) is 2.69. The molecule has 0 saturated heterocycles. The summed E-state index contributed by atoms with van der Waals surface area (Å²) in [5.74, 6) is 0. The predicted molar refractivity (Wildman–Crippen MR) is 89.3 cm³/mol. The molecule has 1 aromatic carbocycles. The van der Waals surface area contributed by atoms with Gasteiger partial charge in [0.25, 0.3) is 0 Å². The number of hydrogen-bond donors (Lipinski definition) is 1. The van der Waals surface area contributed by atoms with E-state index in [1.165, 1.54) is 11.3 Å². The fraction of sp³-hybridized carbons (Fsp3) is 0.438. The highest BCUT2D eigenvalue weighted by molar-refractivity contribution is 6.35. The molecule has 1 N–H and O–H groups in total. The molecule has 2 aromatic rings. The van der Waals surface area contributed by atoms with Crippen LogP contribution in [0.4, 0.5) is 0 Å². The number of nitrogens with one attached hydrogen (secondary N) is 1. The number of halogens is 2. The fourth-order valence-corrected chi connectivity index (χ4v) is 2.81. The van der Waals surface area contributed by atoms with Crippen LogP contribution < -0.4 is 5.32 Å². The van der Waals surface area contributed by atoms with Crippen molar-refractivity contribution in [3.8, 4) is 0 Å². The average molecular weight is 326 g/mol. The first kappa shape index (κ1) is 16.3. The molecule has 0 saturated carbocycles. The minimum Gasteiger partial charge on any atom is -0.313 e. The van der Waals surface area contributed by atoms with Crippen molar-refractivity contribution in [3.63, 3.8) is 0 Å². The van der Waals surface area contributed by atoms with Gasteiger partial charge in [-0.05, 0) is 44.5 Å². The summed E-state index contributed by atoms with van der Waals surface area (Å²) in [7, 11) is 0. The van der Waals surface area contributed by atoms with Crippen LogP contribution in [0.5, 0.6) is 0 Å². The first-order valence-corrected chi connectivity index (χ1v) is 7.96. The van der Waals surface area contributed by atoms with Gasteiger partial charge >= 0.3 is 0 Å². The lowest BCUT2D eigenvalue weighted by Gasteiger charge is -2.08. The molecule has 0 atom stereocenters. The Labute approximate surface area is 136 Å². The molecule has 0 aliphatic heterocycles. The zero-order chi connectivity index (χ0) is 15.4. The quantitative estimate of drug-likeness (QED) is 0.800. The highest BCUT2D eigenvalue weighted by Crippen LogP contribution is 2.23. The van der Waals surface area contributed by atoms with E-state index >= 15 is 0 Å².